The average Bonchev–Trinajstić information content (AvgIpc) is 3.07. The number of sulfonamides is 1. The lowest BCUT2D eigenvalue weighted by molar-refractivity contribution is 0.486. The summed E-state index contributed by atoms with van der Waals surface area (Å²) in [5.41, 5.74) is 7.10. The van der Waals surface area contributed by atoms with E-state index in [0.717, 1.165) is 13.0 Å². The fourth-order valence-electron chi connectivity index (χ4n) is 2.45. The summed E-state index contributed by atoms with van der Waals surface area (Å²) in [7, 11) is -3.77. The third kappa shape index (κ3) is 3.19. The second-order valence-electron chi connectivity index (χ2n) is 5.37. The van der Waals surface area contributed by atoms with Gasteiger partial charge in [0.1, 0.15) is 4.90 Å². The van der Waals surface area contributed by atoms with Gasteiger partial charge in [0.15, 0.2) is 0 Å². The molecule has 1 aliphatic carbocycles. The van der Waals surface area contributed by atoms with Gasteiger partial charge in [-0.05, 0) is 36.8 Å². The van der Waals surface area contributed by atoms with E-state index in [1.807, 2.05) is 0 Å². The van der Waals surface area contributed by atoms with Gasteiger partial charge in [0, 0.05) is 6.54 Å². The average molecular weight is 283 g/mol. The number of hydrogen-bond acceptors (Lipinski definition) is 4. The second kappa shape index (κ2) is 5.02. The zero-order valence-electron chi connectivity index (χ0n) is 11.1. The third-order valence-corrected chi connectivity index (χ3v) is 4.73. The lowest BCUT2D eigenvalue weighted by atomic mass is 10.0. The normalized spacial score (nSPS) is 17.2. The van der Waals surface area contributed by atoms with Crippen molar-refractivity contribution in [3.8, 4) is 0 Å². The minimum absolute atomic E-state index is 0.0159. The van der Waals surface area contributed by atoms with E-state index >= 15 is 0 Å². The molecule has 0 bridgehead atoms. The summed E-state index contributed by atoms with van der Waals surface area (Å²) in [6.07, 6.45) is 4.80. The van der Waals surface area contributed by atoms with Crippen LogP contribution in [0.4, 0.5) is 11.4 Å². The quantitative estimate of drug-likeness (QED) is 0.694. The highest BCUT2D eigenvalue weighted by Gasteiger charge is 2.41. The number of nitrogens with two attached hydrogens (primary N) is 2. The minimum atomic E-state index is -3.77. The van der Waals surface area contributed by atoms with Crippen molar-refractivity contribution in [3.63, 3.8) is 0 Å². The number of rotatable bonds is 6. The van der Waals surface area contributed by atoms with Crippen LogP contribution in [-0.4, -0.2) is 15.0 Å². The number of nitrogen functional groups attached to an aromatic ring is 1. The van der Waals surface area contributed by atoms with E-state index in [0.29, 0.717) is 11.1 Å². The lowest BCUT2D eigenvalue weighted by Gasteiger charge is -2.17. The summed E-state index contributed by atoms with van der Waals surface area (Å²) < 4.78 is 22.8. The summed E-state index contributed by atoms with van der Waals surface area (Å²) in [5, 5.41) is 8.40. The third-order valence-electron chi connectivity index (χ3n) is 3.76. The number of para-hydroxylation sites is 1. The monoisotopic (exact) mass is 283 g/mol. The Bertz CT molecular complexity index is 565. The maximum Gasteiger partial charge on any atom is 0.240 e. The highest BCUT2D eigenvalue weighted by molar-refractivity contribution is 7.89. The number of benzene rings is 1. The molecule has 5 N–H and O–H groups in total. The summed E-state index contributed by atoms with van der Waals surface area (Å²) >= 11 is 0. The molecular weight excluding hydrogens is 262 g/mol. The van der Waals surface area contributed by atoms with E-state index in [9.17, 15) is 8.42 Å². The SMILES string of the molecule is CCCC1(CNc2cccc(S(N)(=O)=O)c2N)CC1. The summed E-state index contributed by atoms with van der Waals surface area (Å²) in [6, 6.07) is 4.86. The lowest BCUT2D eigenvalue weighted by Crippen LogP contribution is -2.18. The molecule has 0 heterocycles. The molecule has 5 nitrogen and oxygen atoms in total. The maximum absolute atomic E-state index is 11.4. The summed E-state index contributed by atoms with van der Waals surface area (Å²) in [5.74, 6) is 0. The Morgan fingerprint density at radius 3 is 2.58 bits per heavy atom. The van der Waals surface area contributed by atoms with Crippen LogP contribution in [0.5, 0.6) is 0 Å². The van der Waals surface area contributed by atoms with Crippen molar-refractivity contribution < 1.29 is 8.42 Å². The Kier molecular flexibility index (Phi) is 3.73. The first-order chi connectivity index (χ1) is 8.88. The van der Waals surface area contributed by atoms with E-state index in [-0.39, 0.29) is 10.6 Å². The van der Waals surface area contributed by atoms with Crippen molar-refractivity contribution in [1.29, 1.82) is 0 Å². The molecule has 0 unspecified atom stereocenters. The van der Waals surface area contributed by atoms with Gasteiger partial charge in [-0.1, -0.05) is 19.4 Å². The van der Waals surface area contributed by atoms with E-state index in [4.69, 9.17) is 10.9 Å². The van der Waals surface area contributed by atoms with Gasteiger partial charge in [0.25, 0.3) is 0 Å². The van der Waals surface area contributed by atoms with E-state index < -0.39 is 10.0 Å². The molecular formula is C13H21N3O2S. The molecule has 0 saturated heterocycles. The predicted molar refractivity (Wildman–Crippen MR) is 77.3 cm³/mol. The van der Waals surface area contributed by atoms with Gasteiger partial charge in [0.2, 0.25) is 10.0 Å². The largest absolute Gasteiger partial charge is 0.396 e. The van der Waals surface area contributed by atoms with Crippen molar-refractivity contribution in [2.75, 3.05) is 17.6 Å². The molecule has 6 heteroatoms. The highest BCUT2D eigenvalue weighted by Crippen LogP contribution is 2.49. The first-order valence-electron chi connectivity index (χ1n) is 6.53. The molecule has 19 heavy (non-hydrogen) atoms. The molecule has 1 aromatic rings. The van der Waals surface area contributed by atoms with Gasteiger partial charge in [-0.3, -0.25) is 0 Å². The fraction of sp³-hybridized carbons (Fsp3) is 0.538. The standard InChI is InChI=1S/C13H21N3O2S/c1-2-6-13(7-8-13)9-16-10-4-3-5-11(12(10)14)19(15,17)18/h3-5,16H,2,6-9,14H2,1H3,(H2,15,17,18). The number of hydrogen-bond donors (Lipinski definition) is 3. The first-order valence-corrected chi connectivity index (χ1v) is 8.08. The Hall–Kier alpha value is -1.27. The van der Waals surface area contributed by atoms with Gasteiger partial charge >= 0.3 is 0 Å². The van der Waals surface area contributed by atoms with Crippen LogP contribution in [0.1, 0.15) is 32.6 Å². The molecule has 1 aromatic carbocycles. The Morgan fingerprint density at radius 1 is 1.37 bits per heavy atom. The van der Waals surface area contributed by atoms with Crippen molar-refractivity contribution in [3.05, 3.63) is 18.2 Å². The van der Waals surface area contributed by atoms with Crippen molar-refractivity contribution >= 4 is 21.4 Å². The molecule has 106 valence electrons. The molecule has 2 rings (SSSR count). The van der Waals surface area contributed by atoms with E-state index in [2.05, 4.69) is 12.2 Å². The molecule has 1 fully saturated rings. The zero-order chi connectivity index (χ0) is 14.1. The maximum atomic E-state index is 11.4. The predicted octanol–water partition coefficient (Wildman–Crippen LogP) is 1.91. The first kappa shape index (κ1) is 14.1. The zero-order valence-corrected chi connectivity index (χ0v) is 12.0. The van der Waals surface area contributed by atoms with Crippen LogP contribution in [0.25, 0.3) is 0 Å². The van der Waals surface area contributed by atoms with Crippen LogP contribution in [0.15, 0.2) is 23.1 Å². The van der Waals surface area contributed by atoms with Crippen LogP contribution >= 0.6 is 0 Å². The van der Waals surface area contributed by atoms with Gasteiger partial charge in [-0.2, -0.15) is 0 Å². The van der Waals surface area contributed by atoms with Gasteiger partial charge in [-0.25, -0.2) is 13.6 Å². The minimum Gasteiger partial charge on any atom is -0.396 e. The van der Waals surface area contributed by atoms with Crippen molar-refractivity contribution in [2.45, 2.75) is 37.5 Å². The molecule has 0 amide bonds. The Balaban J connectivity index is 2.14. The van der Waals surface area contributed by atoms with Gasteiger partial charge < -0.3 is 11.1 Å². The van der Waals surface area contributed by atoms with Crippen LogP contribution in [-0.2, 0) is 10.0 Å². The number of nitrogens with one attached hydrogen (secondary N) is 1. The van der Waals surface area contributed by atoms with Gasteiger partial charge in [-0.15, -0.1) is 0 Å². The Morgan fingerprint density at radius 2 is 2.05 bits per heavy atom. The molecule has 0 atom stereocenters. The van der Waals surface area contributed by atoms with Crippen LogP contribution in [0, 0.1) is 5.41 Å². The number of anilines is 2. The van der Waals surface area contributed by atoms with Crippen LogP contribution < -0.4 is 16.2 Å². The van der Waals surface area contributed by atoms with Crippen molar-refractivity contribution in [1.82, 2.24) is 0 Å². The van der Waals surface area contributed by atoms with Gasteiger partial charge in [0.05, 0.1) is 11.4 Å². The molecule has 0 aromatic heterocycles. The summed E-state index contributed by atoms with van der Waals surface area (Å²) in [6.45, 7) is 3.01. The van der Waals surface area contributed by atoms with Crippen molar-refractivity contribution in [2.24, 2.45) is 10.6 Å². The molecule has 0 spiro atoms. The molecule has 0 radical (unpaired) electrons. The van der Waals surface area contributed by atoms with E-state index in [1.54, 1.807) is 12.1 Å². The Labute approximate surface area is 114 Å². The highest BCUT2D eigenvalue weighted by atomic mass is 32.2. The smallest absolute Gasteiger partial charge is 0.240 e. The molecule has 0 aliphatic heterocycles. The van der Waals surface area contributed by atoms with Crippen LogP contribution in [0.2, 0.25) is 0 Å². The second-order valence-corrected chi connectivity index (χ2v) is 6.90. The van der Waals surface area contributed by atoms with E-state index in [1.165, 1.54) is 25.3 Å². The molecule has 1 aliphatic rings. The topological polar surface area (TPSA) is 98.2 Å². The number of primary sulfonamides is 1. The summed E-state index contributed by atoms with van der Waals surface area (Å²) in [4.78, 5) is -0.0159. The molecule has 1 saturated carbocycles. The van der Waals surface area contributed by atoms with Crippen LogP contribution in [0.3, 0.4) is 0 Å². The fourth-order valence-corrected chi connectivity index (χ4v) is 3.14.